The third kappa shape index (κ3) is 4.51. The number of carbonyl (C=O) groups is 1. The van der Waals surface area contributed by atoms with Crippen LogP contribution in [0.2, 0.25) is 0 Å². The molecule has 0 aliphatic carbocycles. The molecule has 0 saturated carbocycles. The molecular formula is C11H22N2O2. The Morgan fingerprint density at radius 2 is 2.40 bits per heavy atom. The molecule has 0 bridgehead atoms. The van der Waals surface area contributed by atoms with E-state index in [0.717, 1.165) is 19.5 Å². The Bertz CT molecular complexity index is 191. The smallest absolute Gasteiger partial charge is 0.409 e. The molecule has 1 fully saturated rings. The summed E-state index contributed by atoms with van der Waals surface area (Å²) in [7, 11) is 1.75. The van der Waals surface area contributed by atoms with E-state index >= 15 is 0 Å². The lowest BCUT2D eigenvalue weighted by Crippen LogP contribution is -2.31. The second-order valence-corrected chi connectivity index (χ2v) is 4.13. The molecule has 0 aromatic rings. The van der Waals surface area contributed by atoms with Crippen LogP contribution in [0, 0.1) is 5.92 Å². The van der Waals surface area contributed by atoms with Crippen molar-refractivity contribution in [3.05, 3.63) is 0 Å². The van der Waals surface area contributed by atoms with Crippen molar-refractivity contribution in [1.29, 1.82) is 0 Å². The zero-order valence-corrected chi connectivity index (χ0v) is 9.79. The van der Waals surface area contributed by atoms with Gasteiger partial charge in [0.05, 0.1) is 6.61 Å². The molecule has 1 heterocycles. The molecular weight excluding hydrogens is 192 g/mol. The van der Waals surface area contributed by atoms with Gasteiger partial charge in [-0.25, -0.2) is 4.79 Å². The van der Waals surface area contributed by atoms with E-state index in [1.165, 1.54) is 12.8 Å². The van der Waals surface area contributed by atoms with Gasteiger partial charge in [0.2, 0.25) is 0 Å². The van der Waals surface area contributed by atoms with Gasteiger partial charge < -0.3 is 15.0 Å². The van der Waals surface area contributed by atoms with Crippen LogP contribution in [0.5, 0.6) is 0 Å². The molecule has 15 heavy (non-hydrogen) atoms. The molecule has 1 atom stereocenters. The number of hydrogen-bond acceptors (Lipinski definition) is 3. The van der Waals surface area contributed by atoms with Crippen LogP contribution in [0.15, 0.2) is 0 Å². The minimum absolute atomic E-state index is 0.207. The predicted molar refractivity (Wildman–Crippen MR) is 59.9 cm³/mol. The van der Waals surface area contributed by atoms with E-state index in [0.29, 0.717) is 19.1 Å². The van der Waals surface area contributed by atoms with Gasteiger partial charge in [-0.1, -0.05) is 0 Å². The molecule has 1 aliphatic rings. The topological polar surface area (TPSA) is 41.6 Å². The monoisotopic (exact) mass is 214 g/mol. The number of amides is 1. The van der Waals surface area contributed by atoms with Crippen molar-refractivity contribution in [3.63, 3.8) is 0 Å². The summed E-state index contributed by atoms with van der Waals surface area (Å²) in [5, 5.41) is 3.36. The van der Waals surface area contributed by atoms with E-state index in [2.05, 4.69) is 5.32 Å². The van der Waals surface area contributed by atoms with Gasteiger partial charge in [0, 0.05) is 13.6 Å². The fourth-order valence-corrected chi connectivity index (χ4v) is 1.72. The summed E-state index contributed by atoms with van der Waals surface area (Å²) < 4.78 is 5.16. The van der Waals surface area contributed by atoms with Crippen molar-refractivity contribution in [2.45, 2.75) is 26.2 Å². The second kappa shape index (κ2) is 6.67. The first-order chi connectivity index (χ1) is 7.24. The molecule has 0 radical (unpaired) electrons. The maximum atomic E-state index is 11.3. The number of hydrogen-bond donors (Lipinski definition) is 1. The predicted octanol–water partition coefficient (Wildman–Crippen LogP) is 1.46. The van der Waals surface area contributed by atoms with Gasteiger partial charge in [-0.15, -0.1) is 0 Å². The van der Waals surface area contributed by atoms with Gasteiger partial charge in [0.25, 0.3) is 0 Å². The average molecular weight is 214 g/mol. The number of nitrogens with one attached hydrogen (secondary N) is 1. The maximum Gasteiger partial charge on any atom is 0.409 e. The Kier molecular flexibility index (Phi) is 5.47. The molecule has 0 aromatic heterocycles. The summed E-state index contributed by atoms with van der Waals surface area (Å²) in [5.41, 5.74) is 0. The summed E-state index contributed by atoms with van der Waals surface area (Å²) in [5.74, 6) is 0.679. The lowest BCUT2D eigenvalue weighted by atomic mass is 9.97. The van der Waals surface area contributed by atoms with Crippen LogP contribution in [0.25, 0.3) is 0 Å². The maximum absolute atomic E-state index is 11.3. The number of rotatable bonds is 4. The summed E-state index contributed by atoms with van der Waals surface area (Å²) in [4.78, 5) is 12.9. The lowest BCUT2D eigenvalue weighted by Gasteiger charge is -2.23. The van der Waals surface area contributed by atoms with Crippen LogP contribution in [0.3, 0.4) is 0 Å². The summed E-state index contributed by atoms with van der Waals surface area (Å²) in [6, 6.07) is 0. The highest BCUT2D eigenvalue weighted by atomic mass is 16.6. The molecule has 4 heteroatoms. The van der Waals surface area contributed by atoms with Gasteiger partial charge in [0.1, 0.15) is 0 Å². The summed E-state index contributed by atoms with van der Waals surface area (Å²) >= 11 is 0. The first-order valence-electron chi connectivity index (χ1n) is 5.82. The highest BCUT2D eigenvalue weighted by Gasteiger charge is 2.14. The van der Waals surface area contributed by atoms with E-state index < -0.39 is 0 Å². The highest BCUT2D eigenvalue weighted by Crippen LogP contribution is 2.13. The van der Waals surface area contributed by atoms with Crippen LogP contribution >= 0.6 is 0 Å². The number of ether oxygens (including phenoxy) is 1. The molecule has 1 N–H and O–H groups in total. The van der Waals surface area contributed by atoms with Crippen LogP contribution in [-0.4, -0.2) is 44.3 Å². The first kappa shape index (κ1) is 12.3. The van der Waals surface area contributed by atoms with Crippen LogP contribution < -0.4 is 5.32 Å². The SMILES string of the molecule is CCN(C)C(=O)OCCC1CCCNC1. The van der Waals surface area contributed by atoms with Crippen molar-refractivity contribution in [3.8, 4) is 0 Å². The van der Waals surface area contributed by atoms with E-state index in [-0.39, 0.29) is 6.09 Å². The van der Waals surface area contributed by atoms with Crippen LogP contribution in [-0.2, 0) is 4.74 Å². The van der Waals surface area contributed by atoms with Crippen molar-refractivity contribution in [2.24, 2.45) is 5.92 Å². The second-order valence-electron chi connectivity index (χ2n) is 4.13. The summed E-state index contributed by atoms with van der Waals surface area (Å²) in [6.45, 7) is 5.39. The third-order valence-corrected chi connectivity index (χ3v) is 2.94. The normalized spacial score (nSPS) is 21.1. The van der Waals surface area contributed by atoms with E-state index in [4.69, 9.17) is 4.74 Å². The van der Waals surface area contributed by atoms with Gasteiger partial charge >= 0.3 is 6.09 Å². The van der Waals surface area contributed by atoms with Gasteiger partial charge in [-0.2, -0.15) is 0 Å². The molecule has 1 saturated heterocycles. The van der Waals surface area contributed by atoms with E-state index in [9.17, 15) is 4.79 Å². The van der Waals surface area contributed by atoms with Crippen molar-refractivity contribution in [1.82, 2.24) is 10.2 Å². The van der Waals surface area contributed by atoms with Gasteiger partial charge in [-0.05, 0) is 45.2 Å². The van der Waals surface area contributed by atoms with E-state index in [1.54, 1.807) is 11.9 Å². The van der Waals surface area contributed by atoms with Gasteiger partial charge in [0.15, 0.2) is 0 Å². The Balaban J connectivity index is 2.07. The Labute approximate surface area is 92.0 Å². The molecule has 1 aliphatic heterocycles. The Morgan fingerprint density at radius 3 is 3.00 bits per heavy atom. The van der Waals surface area contributed by atoms with Gasteiger partial charge in [-0.3, -0.25) is 0 Å². The number of carbonyl (C=O) groups excluding carboxylic acids is 1. The highest BCUT2D eigenvalue weighted by molar-refractivity contribution is 5.67. The van der Waals surface area contributed by atoms with E-state index in [1.807, 2.05) is 6.92 Å². The largest absolute Gasteiger partial charge is 0.449 e. The quantitative estimate of drug-likeness (QED) is 0.770. The third-order valence-electron chi connectivity index (χ3n) is 2.94. The molecule has 0 aromatic carbocycles. The molecule has 88 valence electrons. The van der Waals surface area contributed by atoms with Crippen molar-refractivity contribution in [2.75, 3.05) is 33.3 Å². The molecule has 1 unspecified atom stereocenters. The molecule has 1 amide bonds. The van der Waals surface area contributed by atoms with Crippen LogP contribution in [0.1, 0.15) is 26.2 Å². The Morgan fingerprint density at radius 1 is 1.60 bits per heavy atom. The average Bonchev–Trinajstić information content (AvgIpc) is 2.29. The summed E-state index contributed by atoms with van der Waals surface area (Å²) in [6.07, 6.45) is 3.28. The fraction of sp³-hybridized carbons (Fsp3) is 0.909. The zero-order chi connectivity index (χ0) is 11.1. The van der Waals surface area contributed by atoms with Crippen molar-refractivity contribution >= 4 is 6.09 Å². The molecule has 1 rings (SSSR count). The lowest BCUT2D eigenvalue weighted by molar-refractivity contribution is 0.105. The number of nitrogens with zero attached hydrogens (tertiary/aromatic N) is 1. The molecule has 0 spiro atoms. The zero-order valence-electron chi connectivity index (χ0n) is 9.79. The minimum Gasteiger partial charge on any atom is -0.449 e. The van der Waals surface area contributed by atoms with Crippen LogP contribution in [0.4, 0.5) is 4.79 Å². The standard InChI is InChI=1S/C11H22N2O2/c1-3-13(2)11(14)15-8-6-10-5-4-7-12-9-10/h10,12H,3-9H2,1-2H3. The first-order valence-corrected chi connectivity index (χ1v) is 5.82. The fourth-order valence-electron chi connectivity index (χ4n) is 1.72. The Hall–Kier alpha value is -0.770. The molecule has 4 nitrogen and oxygen atoms in total. The minimum atomic E-state index is -0.207. The van der Waals surface area contributed by atoms with Crippen molar-refractivity contribution < 1.29 is 9.53 Å². The number of piperidine rings is 1.